The zero-order chi connectivity index (χ0) is 27.5. The van der Waals surface area contributed by atoms with Crippen LogP contribution in [-0.4, -0.2) is 79.9 Å². The summed E-state index contributed by atoms with van der Waals surface area (Å²) in [7, 11) is 5.01. The Morgan fingerprint density at radius 1 is 1.11 bits per heavy atom. The second-order valence-corrected chi connectivity index (χ2v) is 10.9. The topological polar surface area (TPSA) is 66.0 Å². The fourth-order valence-corrected chi connectivity index (χ4v) is 5.56. The summed E-state index contributed by atoms with van der Waals surface area (Å²) in [5.74, 6) is -2.39. The number of ether oxygens (including phenoxy) is 1. The molecule has 1 aromatic carbocycles. The molecule has 1 unspecified atom stereocenters. The molecule has 2 aliphatic rings. The summed E-state index contributed by atoms with van der Waals surface area (Å²) < 4.78 is 33.9. The Kier molecular flexibility index (Phi) is 8.57. The number of alkyl halides is 2. The molecular weight excluding hydrogens is 514 g/mol. The Bertz CT molecular complexity index is 1140. The largest absolute Gasteiger partial charge is 0.357 e. The van der Waals surface area contributed by atoms with E-state index in [0.29, 0.717) is 23.6 Å². The Hall–Kier alpha value is -2.78. The maximum Gasteiger partial charge on any atom is 0.274 e. The van der Waals surface area contributed by atoms with Crippen molar-refractivity contribution in [2.45, 2.75) is 43.6 Å². The molecule has 0 aliphatic carbocycles. The molecule has 2 amide bonds. The molecule has 4 rings (SSSR count). The summed E-state index contributed by atoms with van der Waals surface area (Å²) in [5.41, 5.74) is -0.796. The number of carbonyl (C=O) groups is 2. The van der Waals surface area contributed by atoms with Crippen LogP contribution in [0.25, 0.3) is 0 Å². The molecule has 3 heterocycles. The van der Waals surface area contributed by atoms with Crippen LogP contribution in [0.4, 0.5) is 14.6 Å². The van der Waals surface area contributed by atoms with Gasteiger partial charge in [0.15, 0.2) is 5.60 Å². The minimum atomic E-state index is -3.04. The van der Waals surface area contributed by atoms with Crippen LogP contribution in [0, 0.1) is 5.92 Å². The maximum atomic E-state index is 14.2. The first-order chi connectivity index (χ1) is 18.0. The van der Waals surface area contributed by atoms with E-state index in [9.17, 15) is 18.4 Å². The number of pyridine rings is 1. The van der Waals surface area contributed by atoms with Gasteiger partial charge in [0.05, 0.1) is 12.0 Å². The van der Waals surface area contributed by atoms with Gasteiger partial charge >= 0.3 is 0 Å². The number of piperidine rings is 1. The number of aromatic nitrogens is 1. The van der Waals surface area contributed by atoms with Crippen LogP contribution >= 0.6 is 11.6 Å². The second-order valence-electron chi connectivity index (χ2n) is 10.5. The third-order valence-electron chi connectivity index (χ3n) is 7.48. The molecule has 38 heavy (non-hydrogen) atoms. The molecule has 10 heteroatoms. The zero-order valence-electron chi connectivity index (χ0n) is 22.1. The highest BCUT2D eigenvalue weighted by molar-refractivity contribution is 6.32. The number of hydrogen-bond donors (Lipinski definition) is 0. The monoisotopic (exact) mass is 548 g/mol. The number of benzene rings is 1. The van der Waals surface area contributed by atoms with E-state index in [0.717, 1.165) is 44.6 Å². The van der Waals surface area contributed by atoms with Crippen molar-refractivity contribution < 1.29 is 23.1 Å². The first-order valence-corrected chi connectivity index (χ1v) is 13.4. The molecule has 2 aliphatic heterocycles. The highest BCUT2D eigenvalue weighted by Gasteiger charge is 2.57. The molecule has 0 saturated carbocycles. The van der Waals surface area contributed by atoms with Gasteiger partial charge in [0.25, 0.3) is 17.7 Å². The van der Waals surface area contributed by atoms with Crippen molar-refractivity contribution in [2.75, 3.05) is 52.3 Å². The Morgan fingerprint density at radius 2 is 1.79 bits per heavy atom. The van der Waals surface area contributed by atoms with Gasteiger partial charge in [-0.15, -0.1) is 0 Å². The quantitative estimate of drug-likeness (QED) is 0.442. The van der Waals surface area contributed by atoms with Crippen LogP contribution in [0.15, 0.2) is 42.5 Å². The summed E-state index contributed by atoms with van der Waals surface area (Å²) in [6.45, 7) is 1.36. The van der Waals surface area contributed by atoms with Crippen LogP contribution in [0.2, 0.25) is 5.15 Å². The van der Waals surface area contributed by atoms with Gasteiger partial charge in [0.1, 0.15) is 17.6 Å². The van der Waals surface area contributed by atoms with Crippen molar-refractivity contribution in [3.63, 3.8) is 0 Å². The number of anilines is 1. The zero-order valence-corrected chi connectivity index (χ0v) is 22.9. The van der Waals surface area contributed by atoms with Gasteiger partial charge in [-0.25, -0.2) is 13.8 Å². The predicted molar refractivity (Wildman–Crippen MR) is 143 cm³/mol. The summed E-state index contributed by atoms with van der Waals surface area (Å²) in [5, 5.41) is 0.202. The fraction of sp³-hybridized carbons (Fsp3) is 0.536. The Balaban J connectivity index is 1.28. The second kappa shape index (κ2) is 11.5. The first kappa shape index (κ1) is 28.2. The van der Waals surface area contributed by atoms with Gasteiger partial charge in [0, 0.05) is 40.8 Å². The molecule has 1 atom stereocenters. The van der Waals surface area contributed by atoms with E-state index < -0.39 is 30.5 Å². The molecule has 1 aromatic heterocycles. The maximum absolute atomic E-state index is 14.2. The minimum absolute atomic E-state index is 0.181. The molecule has 0 N–H and O–H groups in total. The molecule has 0 spiro atoms. The average Bonchev–Trinajstić information content (AvgIpc) is 3.25. The molecule has 2 saturated heterocycles. The van der Waals surface area contributed by atoms with Crippen LogP contribution in [0.3, 0.4) is 0 Å². The first-order valence-electron chi connectivity index (χ1n) is 13.0. The lowest BCUT2D eigenvalue weighted by Crippen LogP contribution is -2.46. The third-order valence-corrected chi connectivity index (χ3v) is 7.77. The lowest BCUT2D eigenvalue weighted by atomic mass is 9.88. The molecular formula is C28H35ClF2N4O3. The number of hydrogen-bond acceptors (Lipinski definition) is 5. The van der Waals surface area contributed by atoms with Crippen molar-refractivity contribution in [2.24, 2.45) is 5.92 Å². The summed E-state index contributed by atoms with van der Waals surface area (Å²) in [6, 6.07) is 12.2. The number of halogens is 3. The molecule has 2 fully saturated rings. The lowest BCUT2D eigenvalue weighted by molar-refractivity contribution is -0.153. The predicted octanol–water partition coefficient (Wildman–Crippen LogP) is 4.84. The smallest absolute Gasteiger partial charge is 0.274 e. The highest BCUT2D eigenvalue weighted by Crippen LogP contribution is 2.45. The van der Waals surface area contributed by atoms with E-state index >= 15 is 0 Å². The average molecular weight is 549 g/mol. The number of amides is 2. The molecule has 0 radical (unpaired) electrons. The summed E-state index contributed by atoms with van der Waals surface area (Å²) >= 11 is 6.28. The van der Waals surface area contributed by atoms with Crippen LogP contribution in [0.1, 0.15) is 48.0 Å². The number of nitrogens with zero attached hydrogens (tertiary/aromatic N) is 4. The molecule has 0 bridgehead atoms. The van der Waals surface area contributed by atoms with Gasteiger partial charge in [-0.05, 0) is 49.3 Å². The van der Waals surface area contributed by atoms with Crippen molar-refractivity contribution in [3.05, 3.63) is 58.7 Å². The number of carbonyl (C=O) groups excluding carboxylic acids is 2. The van der Waals surface area contributed by atoms with E-state index in [1.54, 1.807) is 57.5 Å². The van der Waals surface area contributed by atoms with Crippen molar-refractivity contribution >= 4 is 29.2 Å². The van der Waals surface area contributed by atoms with E-state index in [4.69, 9.17) is 16.3 Å². The Labute approximate surface area is 227 Å². The SMILES string of the molecule is CN(C)C(=O)c1ccc(N2CCC(CCCN(C)C(=O)C3(c4ccccc4)CC(F)(F)CO3)CC2)nc1Cl. The van der Waals surface area contributed by atoms with E-state index in [-0.39, 0.29) is 11.1 Å². The van der Waals surface area contributed by atoms with Crippen LogP contribution in [0.5, 0.6) is 0 Å². The van der Waals surface area contributed by atoms with E-state index in [1.807, 2.05) is 6.07 Å². The number of likely N-dealkylation sites (N-methyl/N-ethyl adjacent to an activating group) is 1. The van der Waals surface area contributed by atoms with Gasteiger partial charge in [-0.3, -0.25) is 9.59 Å². The van der Waals surface area contributed by atoms with Crippen LogP contribution in [-0.2, 0) is 15.1 Å². The van der Waals surface area contributed by atoms with Gasteiger partial charge in [-0.2, -0.15) is 0 Å². The van der Waals surface area contributed by atoms with E-state index in [1.165, 1.54) is 9.80 Å². The van der Waals surface area contributed by atoms with Crippen LogP contribution < -0.4 is 4.90 Å². The Morgan fingerprint density at radius 3 is 2.37 bits per heavy atom. The summed E-state index contributed by atoms with van der Waals surface area (Å²) in [6.07, 6.45) is 3.01. The van der Waals surface area contributed by atoms with Gasteiger partial charge in [0.2, 0.25) is 0 Å². The molecule has 2 aromatic rings. The molecule has 206 valence electrons. The third kappa shape index (κ3) is 6.10. The number of rotatable bonds is 8. The van der Waals surface area contributed by atoms with Crippen molar-refractivity contribution in [1.29, 1.82) is 0 Å². The minimum Gasteiger partial charge on any atom is -0.357 e. The molecule has 7 nitrogen and oxygen atoms in total. The highest BCUT2D eigenvalue weighted by atomic mass is 35.5. The fourth-order valence-electron chi connectivity index (χ4n) is 5.33. The normalized spacial score (nSPS) is 21.4. The lowest BCUT2D eigenvalue weighted by Gasteiger charge is -2.34. The van der Waals surface area contributed by atoms with Gasteiger partial charge in [-0.1, -0.05) is 41.9 Å². The van der Waals surface area contributed by atoms with E-state index in [2.05, 4.69) is 9.88 Å². The standard InChI is InChI=1S/C28H35ClF2N4O3/c1-33(2)25(36)22-11-12-23(32-24(22)29)35-16-13-20(14-17-35)8-7-15-34(3)26(37)28(18-27(30,31)19-38-28)21-9-5-4-6-10-21/h4-6,9-12,20H,7-8,13-19H2,1-3H3. The summed E-state index contributed by atoms with van der Waals surface area (Å²) in [4.78, 5) is 35.2. The van der Waals surface area contributed by atoms with Crippen molar-refractivity contribution in [1.82, 2.24) is 14.8 Å². The van der Waals surface area contributed by atoms with Gasteiger partial charge < -0.3 is 19.4 Å². The van der Waals surface area contributed by atoms with Crippen molar-refractivity contribution in [3.8, 4) is 0 Å².